The molecule has 2 rings (SSSR count). The molecule has 0 spiro atoms. The minimum atomic E-state index is -1.04. The molecule has 0 unspecified atom stereocenters. The van der Waals surface area contributed by atoms with Gasteiger partial charge in [0.25, 0.3) is 0 Å². The molecule has 0 aromatic carbocycles. The lowest BCUT2D eigenvalue weighted by Crippen LogP contribution is -2.48. The zero-order valence-corrected chi connectivity index (χ0v) is 13.7. The van der Waals surface area contributed by atoms with E-state index in [1.165, 1.54) is 4.90 Å². The van der Waals surface area contributed by atoms with E-state index in [0.717, 1.165) is 0 Å². The van der Waals surface area contributed by atoms with Crippen LogP contribution in [0.2, 0.25) is 0 Å². The third-order valence-corrected chi connectivity index (χ3v) is 3.61. The highest BCUT2D eigenvalue weighted by Gasteiger charge is 2.28. The maximum absolute atomic E-state index is 12.1. The summed E-state index contributed by atoms with van der Waals surface area (Å²) in [5.74, 6) is 0.0580. The van der Waals surface area contributed by atoms with Crippen molar-refractivity contribution in [3.8, 4) is 0 Å². The van der Waals surface area contributed by atoms with Crippen molar-refractivity contribution in [2.45, 2.75) is 51.6 Å². The summed E-state index contributed by atoms with van der Waals surface area (Å²) in [7, 11) is 0. The number of aliphatic carboxylic acids is 1. The Labute approximate surface area is 134 Å². The Kier molecular flexibility index (Phi) is 5.35. The van der Waals surface area contributed by atoms with Crippen molar-refractivity contribution >= 4 is 11.9 Å². The van der Waals surface area contributed by atoms with E-state index in [1.54, 1.807) is 0 Å². The average molecular weight is 325 g/mol. The van der Waals surface area contributed by atoms with E-state index in [4.69, 9.17) is 14.4 Å². The van der Waals surface area contributed by atoms with E-state index in [0.29, 0.717) is 37.5 Å². The quantitative estimate of drug-likeness (QED) is 0.860. The lowest BCUT2D eigenvalue weighted by molar-refractivity contribution is -0.159. The summed E-state index contributed by atoms with van der Waals surface area (Å²) in [6.45, 7) is 6.79. The first-order valence-corrected chi connectivity index (χ1v) is 7.72. The van der Waals surface area contributed by atoms with E-state index in [-0.39, 0.29) is 24.5 Å². The van der Waals surface area contributed by atoms with Crippen molar-refractivity contribution in [3.05, 3.63) is 11.7 Å². The summed E-state index contributed by atoms with van der Waals surface area (Å²) in [6, 6.07) is 0. The maximum Gasteiger partial charge on any atom is 0.334 e. The highest BCUT2D eigenvalue weighted by molar-refractivity contribution is 5.78. The molecule has 0 radical (unpaired) electrons. The van der Waals surface area contributed by atoms with Gasteiger partial charge in [-0.3, -0.25) is 4.79 Å². The van der Waals surface area contributed by atoms with Crippen LogP contribution in [0.5, 0.6) is 0 Å². The fourth-order valence-electron chi connectivity index (χ4n) is 2.24. The molecular weight excluding hydrogens is 302 g/mol. The number of rotatable bonds is 5. The Bertz CT molecular complexity index is 564. The summed E-state index contributed by atoms with van der Waals surface area (Å²) in [6.07, 6.45) is 0.499. The second-order valence-corrected chi connectivity index (χ2v) is 6.65. The molecule has 2 heterocycles. The number of hydrogen-bond acceptors (Lipinski definition) is 6. The number of carbonyl (C=O) groups excluding carboxylic acids is 1. The van der Waals surface area contributed by atoms with Crippen LogP contribution in [0.15, 0.2) is 4.52 Å². The molecule has 8 heteroatoms. The molecule has 1 aromatic rings. The molecule has 1 amide bonds. The second kappa shape index (κ2) is 7.08. The Balaban J connectivity index is 1.78. The van der Waals surface area contributed by atoms with Crippen molar-refractivity contribution in [2.75, 3.05) is 19.7 Å². The first kappa shape index (κ1) is 17.4. The molecule has 1 atom stereocenters. The third kappa shape index (κ3) is 4.75. The Morgan fingerprint density at radius 3 is 2.74 bits per heavy atom. The van der Waals surface area contributed by atoms with Crippen molar-refractivity contribution in [2.24, 2.45) is 0 Å². The van der Waals surface area contributed by atoms with Gasteiger partial charge in [0, 0.05) is 24.8 Å². The summed E-state index contributed by atoms with van der Waals surface area (Å²) in [5, 5.41) is 12.9. The average Bonchev–Trinajstić information content (AvgIpc) is 2.96. The number of amides is 1. The van der Waals surface area contributed by atoms with E-state index in [9.17, 15) is 9.59 Å². The molecule has 23 heavy (non-hydrogen) atoms. The summed E-state index contributed by atoms with van der Waals surface area (Å²) >= 11 is 0. The van der Waals surface area contributed by atoms with Crippen LogP contribution in [0.1, 0.15) is 45.3 Å². The van der Waals surface area contributed by atoms with Gasteiger partial charge < -0.3 is 19.3 Å². The molecule has 8 nitrogen and oxygen atoms in total. The fourth-order valence-corrected chi connectivity index (χ4v) is 2.24. The van der Waals surface area contributed by atoms with Crippen LogP contribution in [0, 0.1) is 0 Å². The van der Waals surface area contributed by atoms with Gasteiger partial charge in [-0.05, 0) is 6.42 Å². The van der Waals surface area contributed by atoms with Crippen molar-refractivity contribution in [3.63, 3.8) is 0 Å². The van der Waals surface area contributed by atoms with Gasteiger partial charge in [0.05, 0.1) is 13.2 Å². The number of aromatic nitrogens is 2. The van der Waals surface area contributed by atoms with Gasteiger partial charge in [-0.25, -0.2) is 4.79 Å². The van der Waals surface area contributed by atoms with Gasteiger partial charge >= 0.3 is 5.97 Å². The Hall–Kier alpha value is -1.96. The van der Waals surface area contributed by atoms with Crippen molar-refractivity contribution in [1.82, 2.24) is 15.0 Å². The van der Waals surface area contributed by atoms with Crippen molar-refractivity contribution in [1.29, 1.82) is 0 Å². The molecule has 128 valence electrons. The lowest BCUT2D eigenvalue weighted by Gasteiger charge is -2.30. The number of ether oxygens (including phenoxy) is 1. The van der Waals surface area contributed by atoms with Crippen LogP contribution >= 0.6 is 0 Å². The number of carboxylic acid groups (broad SMARTS) is 1. The van der Waals surface area contributed by atoms with Gasteiger partial charge in [-0.1, -0.05) is 25.9 Å². The standard InChI is InChI=1S/C15H23N3O5/c1-15(2,3)14-16-11(23-17-14)5-4-6-12(19)18-7-8-22-10(9-18)13(20)21/h10H,4-9H2,1-3H3,(H,20,21)/t10-/m1/s1. The van der Waals surface area contributed by atoms with Gasteiger partial charge in [0.15, 0.2) is 11.9 Å². The van der Waals surface area contributed by atoms with Crippen LogP contribution in [0.3, 0.4) is 0 Å². The summed E-state index contributed by atoms with van der Waals surface area (Å²) < 4.78 is 10.3. The number of hydrogen-bond donors (Lipinski definition) is 1. The molecule has 1 saturated heterocycles. The zero-order chi connectivity index (χ0) is 17.0. The van der Waals surface area contributed by atoms with E-state index >= 15 is 0 Å². The molecule has 0 saturated carbocycles. The number of morpholine rings is 1. The first-order chi connectivity index (χ1) is 10.8. The normalized spacial score (nSPS) is 18.9. The van der Waals surface area contributed by atoms with Gasteiger partial charge in [-0.15, -0.1) is 0 Å². The first-order valence-electron chi connectivity index (χ1n) is 7.72. The fraction of sp³-hybridized carbons (Fsp3) is 0.733. The summed E-state index contributed by atoms with van der Waals surface area (Å²) in [4.78, 5) is 28.9. The smallest absolute Gasteiger partial charge is 0.334 e. The Morgan fingerprint density at radius 2 is 2.13 bits per heavy atom. The molecule has 0 bridgehead atoms. The Morgan fingerprint density at radius 1 is 1.39 bits per heavy atom. The number of carboxylic acids is 1. The number of carbonyl (C=O) groups is 2. The van der Waals surface area contributed by atoms with Crippen molar-refractivity contribution < 1.29 is 24.0 Å². The minimum absolute atomic E-state index is 0.0740. The highest BCUT2D eigenvalue weighted by Crippen LogP contribution is 2.19. The van der Waals surface area contributed by atoms with Gasteiger partial charge in [-0.2, -0.15) is 4.98 Å². The molecule has 1 aliphatic heterocycles. The zero-order valence-electron chi connectivity index (χ0n) is 13.7. The van der Waals surface area contributed by atoms with Crippen LogP contribution in [0.25, 0.3) is 0 Å². The molecular formula is C15H23N3O5. The minimum Gasteiger partial charge on any atom is -0.479 e. The molecule has 1 aliphatic rings. The second-order valence-electron chi connectivity index (χ2n) is 6.65. The van der Waals surface area contributed by atoms with E-state index in [2.05, 4.69) is 10.1 Å². The lowest BCUT2D eigenvalue weighted by atomic mass is 9.96. The third-order valence-electron chi connectivity index (χ3n) is 3.61. The molecule has 1 fully saturated rings. The monoisotopic (exact) mass is 325 g/mol. The van der Waals surface area contributed by atoms with Crippen LogP contribution in [-0.4, -0.2) is 57.8 Å². The van der Waals surface area contributed by atoms with Crippen LogP contribution < -0.4 is 0 Å². The summed E-state index contributed by atoms with van der Waals surface area (Å²) in [5.41, 5.74) is -0.169. The molecule has 1 N–H and O–H groups in total. The van der Waals surface area contributed by atoms with Gasteiger partial charge in [0.2, 0.25) is 11.8 Å². The van der Waals surface area contributed by atoms with Crippen LogP contribution in [-0.2, 0) is 26.2 Å². The predicted octanol–water partition coefficient (Wildman–Crippen LogP) is 1.00. The predicted molar refractivity (Wildman–Crippen MR) is 79.9 cm³/mol. The van der Waals surface area contributed by atoms with Gasteiger partial charge in [0.1, 0.15) is 0 Å². The SMILES string of the molecule is CC(C)(C)c1noc(CCCC(=O)N2CCO[C@@H](C(=O)O)C2)n1. The van der Waals surface area contributed by atoms with E-state index < -0.39 is 12.1 Å². The molecule has 0 aliphatic carbocycles. The number of aryl methyl sites for hydroxylation is 1. The number of nitrogens with zero attached hydrogens (tertiary/aromatic N) is 3. The maximum atomic E-state index is 12.1. The highest BCUT2D eigenvalue weighted by atomic mass is 16.5. The van der Waals surface area contributed by atoms with Crippen LogP contribution in [0.4, 0.5) is 0 Å². The topological polar surface area (TPSA) is 106 Å². The largest absolute Gasteiger partial charge is 0.479 e. The van der Waals surface area contributed by atoms with E-state index in [1.807, 2.05) is 20.8 Å². The molecule has 1 aromatic heterocycles.